The molecule has 3 N–H and O–H groups in total. The first kappa shape index (κ1) is 11.7. The Bertz CT molecular complexity index is 486. The van der Waals surface area contributed by atoms with Crippen molar-refractivity contribution in [1.82, 2.24) is 10.3 Å². The lowest BCUT2D eigenvalue weighted by atomic mass is 10.2. The Morgan fingerprint density at radius 2 is 2.24 bits per heavy atom. The molecule has 0 aliphatic heterocycles. The average molecular weight is 232 g/mol. The van der Waals surface area contributed by atoms with E-state index in [4.69, 9.17) is 0 Å². The molecule has 1 unspecified atom stereocenters. The standard InChI is InChI=1S/C13H16N2O2/c1-2-10(16)8-14-13(17)12-7-9-5-3-4-6-11(9)15-12/h3-7,10,15-16H,2,8H2,1H3,(H,14,17). The zero-order valence-electron chi connectivity index (χ0n) is 9.73. The fraction of sp³-hybridized carbons (Fsp3) is 0.308. The number of para-hydroxylation sites is 1. The monoisotopic (exact) mass is 232 g/mol. The highest BCUT2D eigenvalue weighted by molar-refractivity contribution is 5.97. The summed E-state index contributed by atoms with van der Waals surface area (Å²) in [6, 6.07) is 9.53. The smallest absolute Gasteiger partial charge is 0.267 e. The Kier molecular flexibility index (Phi) is 3.44. The molecule has 0 spiro atoms. The summed E-state index contributed by atoms with van der Waals surface area (Å²) < 4.78 is 0. The lowest BCUT2D eigenvalue weighted by Crippen LogP contribution is -2.31. The van der Waals surface area contributed by atoms with Gasteiger partial charge in [0.15, 0.2) is 0 Å². The second-order valence-electron chi connectivity index (χ2n) is 4.04. The number of carbonyl (C=O) groups excluding carboxylic acids is 1. The van der Waals surface area contributed by atoms with E-state index in [2.05, 4.69) is 10.3 Å². The molecule has 0 saturated carbocycles. The maximum absolute atomic E-state index is 11.8. The molecule has 0 radical (unpaired) electrons. The molecule has 1 aromatic heterocycles. The molecule has 1 heterocycles. The Morgan fingerprint density at radius 3 is 2.94 bits per heavy atom. The first-order chi connectivity index (χ1) is 8.20. The summed E-state index contributed by atoms with van der Waals surface area (Å²) in [7, 11) is 0. The quantitative estimate of drug-likeness (QED) is 0.750. The van der Waals surface area contributed by atoms with E-state index in [-0.39, 0.29) is 12.5 Å². The third-order valence-electron chi connectivity index (χ3n) is 2.74. The van der Waals surface area contributed by atoms with Crippen LogP contribution in [0.15, 0.2) is 30.3 Å². The van der Waals surface area contributed by atoms with E-state index in [1.807, 2.05) is 37.3 Å². The molecule has 0 aliphatic rings. The fourth-order valence-corrected chi connectivity index (χ4v) is 1.65. The van der Waals surface area contributed by atoms with Crippen LogP contribution in [0.2, 0.25) is 0 Å². The maximum Gasteiger partial charge on any atom is 0.267 e. The molecule has 2 rings (SSSR count). The van der Waals surface area contributed by atoms with Crippen molar-refractivity contribution in [3.8, 4) is 0 Å². The van der Waals surface area contributed by atoms with Crippen LogP contribution < -0.4 is 5.32 Å². The number of nitrogens with one attached hydrogen (secondary N) is 2. The van der Waals surface area contributed by atoms with Crippen LogP contribution in [0.5, 0.6) is 0 Å². The first-order valence-electron chi connectivity index (χ1n) is 5.74. The van der Waals surface area contributed by atoms with Gasteiger partial charge in [-0.3, -0.25) is 4.79 Å². The number of aliphatic hydroxyl groups is 1. The molecule has 4 heteroatoms. The SMILES string of the molecule is CCC(O)CNC(=O)c1cc2ccccc2[nH]1. The van der Waals surface area contributed by atoms with Crippen molar-refractivity contribution in [1.29, 1.82) is 0 Å². The predicted molar refractivity (Wildman–Crippen MR) is 66.9 cm³/mol. The molecule has 0 saturated heterocycles. The summed E-state index contributed by atoms with van der Waals surface area (Å²) in [6.45, 7) is 2.16. The summed E-state index contributed by atoms with van der Waals surface area (Å²) in [4.78, 5) is 14.8. The molecule has 1 amide bonds. The van der Waals surface area contributed by atoms with E-state index in [0.717, 1.165) is 10.9 Å². The molecule has 0 aliphatic carbocycles. The Morgan fingerprint density at radius 1 is 1.47 bits per heavy atom. The van der Waals surface area contributed by atoms with Crippen LogP contribution >= 0.6 is 0 Å². The Hall–Kier alpha value is -1.81. The van der Waals surface area contributed by atoms with Crippen LogP contribution in [0.3, 0.4) is 0 Å². The number of hydrogen-bond donors (Lipinski definition) is 3. The van der Waals surface area contributed by atoms with E-state index in [1.165, 1.54) is 0 Å². The minimum atomic E-state index is -0.483. The van der Waals surface area contributed by atoms with Gasteiger partial charge in [0.25, 0.3) is 5.91 Å². The van der Waals surface area contributed by atoms with Gasteiger partial charge < -0.3 is 15.4 Å². The third kappa shape index (κ3) is 2.65. The van der Waals surface area contributed by atoms with Crippen LogP contribution in [0, 0.1) is 0 Å². The minimum Gasteiger partial charge on any atom is -0.391 e. The molecule has 1 aromatic carbocycles. The van der Waals surface area contributed by atoms with Gasteiger partial charge in [0.1, 0.15) is 5.69 Å². The molecule has 0 bridgehead atoms. The van der Waals surface area contributed by atoms with Gasteiger partial charge >= 0.3 is 0 Å². The highest BCUT2D eigenvalue weighted by atomic mass is 16.3. The highest BCUT2D eigenvalue weighted by Gasteiger charge is 2.10. The van der Waals surface area contributed by atoms with Gasteiger partial charge in [-0.25, -0.2) is 0 Å². The lowest BCUT2D eigenvalue weighted by Gasteiger charge is -2.08. The zero-order valence-corrected chi connectivity index (χ0v) is 9.73. The Balaban J connectivity index is 2.08. The average Bonchev–Trinajstić information content (AvgIpc) is 2.79. The number of hydrogen-bond acceptors (Lipinski definition) is 2. The summed E-state index contributed by atoms with van der Waals surface area (Å²) in [5, 5.41) is 13.1. The van der Waals surface area contributed by atoms with Crippen LogP contribution in [-0.2, 0) is 0 Å². The van der Waals surface area contributed by atoms with Crippen LogP contribution in [0.4, 0.5) is 0 Å². The van der Waals surface area contributed by atoms with Gasteiger partial charge in [-0.2, -0.15) is 0 Å². The molecular weight excluding hydrogens is 216 g/mol. The second kappa shape index (κ2) is 5.01. The maximum atomic E-state index is 11.8. The molecule has 4 nitrogen and oxygen atoms in total. The van der Waals surface area contributed by atoms with Crippen LogP contribution in [0.25, 0.3) is 10.9 Å². The molecular formula is C13H16N2O2. The van der Waals surface area contributed by atoms with E-state index in [9.17, 15) is 9.90 Å². The number of benzene rings is 1. The van der Waals surface area contributed by atoms with E-state index >= 15 is 0 Å². The normalized spacial score (nSPS) is 12.6. The number of rotatable bonds is 4. The molecule has 0 fully saturated rings. The van der Waals surface area contributed by atoms with Gasteiger partial charge in [0.05, 0.1) is 6.10 Å². The van der Waals surface area contributed by atoms with Gasteiger partial charge in [-0.1, -0.05) is 25.1 Å². The summed E-state index contributed by atoms with van der Waals surface area (Å²) in [5.74, 6) is -0.186. The molecule has 17 heavy (non-hydrogen) atoms. The van der Waals surface area contributed by atoms with E-state index in [0.29, 0.717) is 12.1 Å². The van der Waals surface area contributed by atoms with Crippen molar-refractivity contribution in [2.45, 2.75) is 19.4 Å². The van der Waals surface area contributed by atoms with Crippen molar-refractivity contribution in [2.24, 2.45) is 0 Å². The minimum absolute atomic E-state index is 0.186. The number of H-pyrrole nitrogens is 1. The van der Waals surface area contributed by atoms with Gasteiger partial charge in [-0.05, 0) is 18.6 Å². The Labute approximate surface area is 99.7 Å². The molecule has 1 atom stereocenters. The topological polar surface area (TPSA) is 65.1 Å². The van der Waals surface area contributed by atoms with E-state index in [1.54, 1.807) is 0 Å². The zero-order chi connectivity index (χ0) is 12.3. The number of aromatic nitrogens is 1. The predicted octanol–water partition coefficient (Wildman–Crippen LogP) is 1.67. The second-order valence-corrected chi connectivity index (χ2v) is 4.04. The van der Waals surface area contributed by atoms with Gasteiger partial charge in [-0.15, -0.1) is 0 Å². The number of amides is 1. The summed E-state index contributed by atoms with van der Waals surface area (Å²) in [5.41, 5.74) is 1.46. The lowest BCUT2D eigenvalue weighted by molar-refractivity contribution is 0.0910. The number of aliphatic hydroxyl groups excluding tert-OH is 1. The first-order valence-corrected chi connectivity index (χ1v) is 5.74. The van der Waals surface area contributed by atoms with Crippen LogP contribution in [-0.4, -0.2) is 28.6 Å². The summed E-state index contributed by atoms with van der Waals surface area (Å²) in [6.07, 6.45) is 0.149. The van der Waals surface area contributed by atoms with Gasteiger partial charge in [0, 0.05) is 17.4 Å². The third-order valence-corrected chi connectivity index (χ3v) is 2.74. The van der Waals surface area contributed by atoms with Crippen molar-refractivity contribution in [3.63, 3.8) is 0 Å². The number of fused-ring (bicyclic) bond motifs is 1. The van der Waals surface area contributed by atoms with Crippen molar-refractivity contribution in [2.75, 3.05) is 6.54 Å². The van der Waals surface area contributed by atoms with Crippen molar-refractivity contribution >= 4 is 16.8 Å². The highest BCUT2D eigenvalue weighted by Crippen LogP contribution is 2.14. The number of aromatic amines is 1. The summed E-state index contributed by atoms with van der Waals surface area (Å²) >= 11 is 0. The van der Waals surface area contributed by atoms with E-state index < -0.39 is 6.10 Å². The largest absolute Gasteiger partial charge is 0.391 e. The number of carbonyl (C=O) groups is 1. The fourth-order valence-electron chi connectivity index (χ4n) is 1.65. The van der Waals surface area contributed by atoms with Crippen molar-refractivity contribution < 1.29 is 9.90 Å². The van der Waals surface area contributed by atoms with Crippen molar-refractivity contribution in [3.05, 3.63) is 36.0 Å². The van der Waals surface area contributed by atoms with Crippen LogP contribution in [0.1, 0.15) is 23.8 Å². The van der Waals surface area contributed by atoms with Gasteiger partial charge in [0.2, 0.25) is 0 Å². The molecule has 2 aromatic rings. The molecule has 90 valence electrons.